The summed E-state index contributed by atoms with van der Waals surface area (Å²) in [5.41, 5.74) is 5.91. The van der Waals surface area contributed by atoms with Gasteiger partial charge in [0.05, 0.1) is 28.7 Å². The number of amides is 2. The Hall–Kier alpha value is -2.38. The van der Waals surface area contributed by atoms with Gasteiger partial charge in [0, 0.05) is 24.7 Å². The van der Waals surface area contributed by atoms with E-state index in [1.165, 1.54) is 11.0 Å². The maximum atomic E-state index is 12.5. The Morgan fingerprint density at radius 3 is 2.81 bits per heavy atom. The van der Waals surface area contributed by atoms with Crippen LogP contribution in [0.25, 0.3) is 0 Å². The molecule has 1 aromatic carbocycles. The van der Waals surface area contributed by atoms with Crippen LogP contribution in [0.4, 0.5) is 0 Å². The average molecular weight is 408 g/mol. The molecule has 0 aliphatic carbocycles. The van der Waals surface area contributed by atoms with Gasteiger partial charge in [0.15, 0.2) is 5.96 Å². The topological polar surface area (TPSA) is 100 Å². The van der Waals surface area contributed by atoms with Crippen molar-refractivity contribution in [3.63, 3.8) is 0 Å². The molecule has 2 aliphatic rings. The fraction of sp³-hybridized carbons (Fsp3) is 0.333. The third-order valence-corrected chi connectivity index (χ3v) is 5.12. The van der Waals surface area contributed by atoms with Gasteiger partial charge in [-0.2, -0.15) is 0 Å². The Morgan fingerprint density at radius 2 is 2.15 bits per heavy atom. The van der Waals surface area contributed by atoms with E-state index in [1.54, 1.807) is 38.4 Å². The fourth-order valence-electron chi connectivity index (χ4n) is 2.96. The summed E-state index contributed by atoms with van der Waals surface area (Å²) in [6.07, 6.45) is 4.17. The first kappa shape index (κ1) is 19.4. The van der Waals surface area contributed by atoms with Crippen molar-refractivity contribution < 1.29 is 9.59 Å². The molecule has 0 saturated heterocycles. The molecule has 2 aliphatic heterocycles. The highest BCUT2D eigenvalue weighted by Gasteiger charge is 2.38. The molecule has 0 saturated carbocycles. The normalized spacial score (nSPS) is 25.1. The van der Waals surface area contributed by atoms with Gasteiger partial charge in [-0.15, -0.1) is 0 Å². The van der Waals surface area contributed by atoms with Crippen molar-refractivity contribution >= 4 is 47.2 Å². The van der Waals surface area contributed by atoms with Gasteiger partial charge < -0.3 is 11.1 Å². The Balaban J connectivity index is 1.81. The quantitative estimate of drug-likeness (QED) is 0.803. The fourth-order valence-corrected chi connectivity index (χ4v) is 3.46. The van der Waals surface area contributed by atoms with E-state index < -0.39 is 5.54 Å². The van der Waals surface area contributed by atoms with Crippen LogP contribution in [0.2, 0.25) is 10.0 Å². The van der Waals surface area contributed by atoms with E-state index in [0.29, 0.717) is 22.7 Å². The van der Waals surface area contributed by atoms with Crippen LogP contribution < -0.4 is 11.1 Å². The molecule has 2 heterocycles. The summed E-state index contributed by atoms with van der Waals surface area (Å²) in [7, 11) is 1.58. The van der Waals surface area contributed by atoms with Gasteiger partial charge in [-0.05, 0) is 31.2 Å². The van der Waals surface area contributed by atoms with Crippen molar-refractivity contribution in [2.75, 3.05) is 7.05 Å². The van der Waals surface area contributed by atoms with E-state index in [9.17, 15) is 9.59 Å². The van der Waals surface area contributed by atoms with Crippen molar-refractivity contribution in [3.8, 4) is 0 Å². The Morgan fingerprint density at radius 1 is 1.41 bits per heavy atom. The molecule has 0 fully saturated rings. The van der Waals surface area contributed by atoms with E-state index in [1.807, 2.05) is 0 Å². The molecule has 7 nitrogen and oxygen atoms in total. The number of guanidine groups is 1. The molecule has 2 unspecified atom stereocenters. The first-order valence-electron chi connectivity index (χ1n) is 8.32. The van der Waals surface area contributed by atoms with E-state index in [-0.39, 0.29) is 35.3 Å². The molecular formula is C18H19Cl2N5O2. The number of carbonyl (C=O) groups excluding carboxylic acids is 2. The second-order valence-corrected chi connectivity index (χ2v) is 7.52. The van der Waals surface area contributed by atoms with Crippen LogP contribution in [-0.4, -0.2) is 47.5 Å². The minimum atomic E-state index is -0.870. The van der Waals surface area contributed by atoms with Crippen molar-refractivity contribution in [2.24, 2.45) is 15.7 Å². The number of nitrogens with one attached hydrogen (secondary N) is 1. The summed E-state index contributed by atoms with van der Waals surface area (Å²) in [5, 5.41) is 3.64. The summed E-state index contributed by atoms with van der Waals surface area (Å²) in [6, 6.07) is 4.39. The monoisotopic (exact) mass is 407 g/mol. The van der Waals surface area contributed by atoms with Gasteiger partial charge in [-0.3, -0.25) is 19.5 Å². The van der Waals surface area contributed by atoms with E-state index in [2.05, 4.69) is 15.3 Å². The van der Waals surface area contributed by atoms with Crippen LogP contribution in [0.15, 0.2) is 40.0 Å². The molecule has 0 radical (unpaired) electrons. The summed E-state index contributed by atoms with van der Waals surface area (Å²) in [6.45, 7) is 1.80. The Bertz CT molecular complexity index is 896. The zero-order chi connectivity index (χ0) is 19.8. The lowest BCUT2D eigenvalue weighted by atomic mass is 9.89. The predicted molar refractivity (Wildman–Crippen MR) is 106 cm³/mol. The average Bonchev–Trinajstić information content (AvgIpc) is 2.59. The lowest BCUT2D eigenvalue weighted by Gasteiger charge is -2.35. The number of rotatable bonds is 3. The minimum absolute atomic E-state index is 0.139. The molecule has 2 atom stereocenters. The maximum absolute atomic E-state index is 12.5. The largest absolute Gasteiger partial charge is 0.369 e. The Labute approximate surface area is 166 Å². The van der Waals surface area contributed by atoms with E-state index in [0.717, 1.165) is 0 Å². The van der Waals surface area contributed by atoms with Crippen LogP contribution >= 0.6 is 23.2 Å². The van der Waals surface area contributed by atoms with Gasteiger partial charge in [0.1, 0.15) is 5.54 Å². The van der Waals surface area contributed by atoms with Crippen molar-refractivity contribution in [2.45, 2.75) is 31.3 Å². The first-order valence-corrected chi connectivity index (χ1v) is 9.08. The summed E-state index contributed by atoms with van der Waals surface area (Å²) in [5.74, 6) is -0.315. The SMILES string of the molecule is CN1C(=O)CC(C)(C2=CC(NC(=O)c3ccc(Cl)cc3Cl)CC=N2)N=C1N. The highest BCUT2D eigenvalue weighted by atomic mass is 35.5. The second-order valence-electron chi connectivity index (χ2n) is 6.68. The van der Waals surface area contributed by atoms with Crippen LogP contribution in [0.1, 0.15) is 30.1 Å². The van der Waals surface area contributed by atoms with Gasteiger partial charge in [-0.1, -0.05) is 23.2 Å². The third kappa shape index (κ3) is 3.99. The molecule has 2 amide bonds. The van der Waals surface area contributed by atoms with Crippen molar-refractivity contribution in [1.82, 2.24) is 10.2 Å². The highest BCUT2D eigenvalue weighted by Crippen LogP contribution is 2.32. The van der Waals surface area contributed by atoms with Crippen molar-refractivity contribution in [1.29, 1.82) is 0 Å². The number of hydrogen-bond acceptors (Lipinski definition) is 5. The molecule has 1 aromatic rings. The lowest BCUT2D eigenvalue weighted by Crippen LogP contribution is -2.49. The second kappa shape index (κ2) is 7.32. The number of halogens is 2. The van der Waals surface area contributed by atoms with Crippen LogP contribution in [0.3, 0.4) is 0 Å². The number of aliphatic imine (C=N–C) groups is 2. The number of carbonyl (C=O) groups is 2. The number of hydrogen-bond donors (Lipinski definition) is 2. The Kier molecular flexibility index (Phi) is 5.26. The summed E-state index contributed by atoms with van der Waals surface area (Å²) < 4.78 is 0. The molecule has 27 heavy (non-hydrogen) atoms. The smallest absolute Gasteiger partial charge is 0.253 e. The molecule has 3 N–H and O–H groups in total. The standard InChI is InChI=1S/C18H19Cl2N5O2/c1-18(9-15(26)25(2)17(21)24-18)14-8-11(5-6-22-14)23-16(27)12-4-3-10(19)7-13(12)20/h3-4,6-8,11H,5,9H2,1-2H3,(H2,21,24)(H,23,27). The molecule has 0 spiro atoms. The van der Waals surface area contributed by atoms with Crippen molar-refractivity contribution in [3.05, 3.63) is 45.6 Å². The molecule has 3 rings (SSSR count). The van der Waals surface area contributed by atoms with Gasteiger partial charge in [-0.25, -0.2) is 4.99 Å². The minimum Gasteiger partial charge on any atom is -0.369 e. The summed E-state index contributed by atoms with van der Waals surface area (Å²) >= 11 is 12.0. The molecule has 9 heteroatoms. The molecular weight excluding hydrogens is 389 g/mol. The lowest BCUT2D eigenvalue weighted by molar-refractivity contribution is -0.128. The predicted octanol–water partition coefficient (Wildman–Crippen LogP) is 2.39. The zero-order valence-electron chi connectivity index (χ0n) is 14.9. The number of nitrogens with two attached hydrogens (primary N) is 1. The summed E-state index contributed by atoms with van der Waals surface area (Å²) in [4.78, 5) is 34.8. The van der Waals surface area contributed by atoms with Crippen LogP contribution in [0, 0.1) is 0 Å². The van der Waals surface area contributed by atoms with Gasteiger partial charge in [0.25, 0.3) is 5.91 Å². The van der Waals surface area contributed by atoms with E-state index >= 15 is 0 Å². The molecule has 142 valence electrons. The molecule has 0 aromatic heterocycles. The van der Waals surface area contributed by atoms with Crippen LogP contribution in [0.5, 0.6) is 0 Å². The number of nitrogens with zero attached hydrogens (tertiary/aromatic N) is 3. The highest BCUT2D eigenvalue weighted by molar-refractivity contribution is 6.36. The first-order chi connectivity index (χ1) is 12.7. The molecule has 0 bridgehead atoms. The number of benzene rings is 1. The van der Waals surface area contributed by atoms with E-state index in [4.69, 9.17) is 28.9 Å². The third-order valence-electron chi connectivity index (χ3n) is 4.57. The zero-order valence-corrected chi connectivity index (χ0v) is 16.4. The maximum Gasteiger partial charge on any atom is 0.253 e. The van der Waals surface area contributed by atoms with Crippen LogP contribution in [-0.2, 0) is 4.79 Å². The van der Waals surface area contributed by atoms with Gasteiger partial charge >= 0.3 is 0 Å². The van der Waals surface area contributed by atoms with Gasteiger partial charge in [0.2, 0.25) is 5.91 Å².